The van der Waals surface area contributed by atoms with E-state index in [1.54, 1.807) is 24.4 Å². The molecule has 0 atom stereocenters. The SMILES string of the molecule is CC(=O)c1ccc(Nc2cccc(-c3ncc(Cl)s3)c2)c(N)c1. The van der Waals surface area contributed by atoms with E-state index in [0.29, 0.717) is 15.6 Å². The number of benzene rings is 2. The van der Waals surface area contributed by atoms with E-state index in [0.717, 1.165) is 21.9 Å². The number of hydrogen-bond donors (Lipinski definition) is 2. The number of thiazole rings is 1. The summed E-state index contributed by atoms with van der Waals surface area (Å²) in [5.41, 5.74) is 9.76. The van der Waals surface area contributed by atoms with Gasteiger partial charge in [-0.2, -0.15) is 0 Å². The quantitative estimate of drug-likeness (QED) is 0.517. The maximum Gasteiger partial charge on any atom is 0.159 e. The first-order chi connectivity index (χ1) is 11.0. The second kappa shape index (κ2) is 6.40. The zero-order chi connectivity index (χ0) is 16.4. The van der Waals surface area contributed by atoms with E-state index in [-0.39, 0.29) is 5.78 Å². The Hall–Kier alpha value is -2.37. The highest BCUT2D eigenvalue weighted by atomic mass is 35.5. The topological polar surface area (TPSA) is 68.0 Å². The Balaban J connectivity index is 1.87. The van der Waals surface area contributed by atoms with Crippen molar-refractivity contribution in [3.63, 3.8) is 0 Å². The molecule has 6 heteroatoms. The van der Waals surface area contributed by atoms with E-state index >= 15 is 0 Å². The second-order valence-electron chi connectivity index (χ2n) is 5.03. The molecule has 116 valence electrons. The molecule has 1 heterocycles. The van der Waals surface area contributed by atoms with Crippen molar-refractivity contribution in [2.75, 3.05) is 11.1 Å². The van der Waals surface area contributed by atoms with Crippen molar-refractivity contribution in [3.05, 3.63) is 58.6 Å². The van der Waals surface area contributed by atoms with Gasteiger partial charge in [-0.1, -0.05) is 23.7 Å². The summed E-state index contributed by atoms with van der Waals surface area (Å²) in [6.45, 7) is 1.52. The Morgan fingerprint density at radius 1 is 1.26 bits per heavy atom. The lowest BCUT2D eigenvalue weighted by Gasteiger charge is -2.11. The van der Waals surface area contributed by atoms with Crippen LogP contribution in [0.4, 0.5) is 17.1 Å². The van der Waals surface area contributed by atoms with Crippen LogP contribution in [0.1, 0.15) is 17.3 Å². The van der Waals surface area contributed by atoms with Crippen LogP contribution < -0.4 is 11.1 Å². The van der Waals surface area contributed by atoms with Crippen molar-refractivity contribution in [2.45, 2.75) is 6.92 Å². The van der Waals surface area contributed by atoms with Crippen LogP contribution in [0.2, 0.25) is 4.34 Å². The highest BCUT2D eigenvalue weighted by Gasteiger charge is 2.07. The molecule has 0 aliphatic rings. The number of ketones is 1. The zero-order valence-electron chi connectivity index (χ0n) is 12.3. The van der Waals surface area contributed by atoms with E-state index in [9.17, 15) is 4.79 Å². The maximum absolute atomic E-state index is 11.4. The van der Waals surface area contributed by atoms with Gasteiger partial charge in [0.15, 0.2) is 5.78 Å². The number of halogens is 1. The third-order valence-electron chi connectivity index (χ3n) is 3.32. The number of hydrogen-bond acceptors (Lipinski definition) is 5. The fourth-order valence-corrected chi connectivity index (χ4v) is 3.08. The molecule has 0 spiro atoms. The van der Waals surface area contributed by atoms with Crippen molar-refractivity contribution < 1.29 is 4.79 Å². The van der Waals surface area contributed by atoms with Crippen LogP contribution in [0.5, 0.6) is 0 Å². The maximum atomic E-state index is 11.4. The lowest BCUT2D eigenvalue weighted by molar-refractivity contribution is 0.101. The van der Waals surface area contributed by atoms with Gasteiger partial charge in [0.25, 0.3) is 0 Å². The lowest BCUT2D eigenvalue weighted by atomic mass is 10.1. The van der Waals surface area contributed by atoms with Crippen LogP contribution >= 0.6 is 22.9 Å². The Bertz CT molecular complexity index is 876. The van der Waals surface area contributed by atoms with Crippen LogP contribution in [0.3, 0.4) is 0 Å². The van der Waals surface area contributed by atoms with Crippen LogP contribution in [-0.2, 0) is 0 Å². The third kappa shape index (κ3) is 3.52. The Kier molecular flexibility index (Phi) is 4.32. The van der Waals surface area contributed by atoms with Gasteiger partial charge in [-0.05, 0) is 37.3 Å². The minimum absolute atomic E-state index is 0.00843. The number of rotatable bonds is 4. The molecule has 0 amide bonds. The van der Waals surface area contributed by atoms with Gasteiger partial charge >= 0.3 is 0 Å². The van der Waals surface area contributed by atoms with Crippen LogP contribution in [0, 0.1) is 0 Å². The normalized spacial score (nSPS) is 10.5. The number of Topliss-reactive ketones (excluding diaryl/α,β-unsaturated/α-hetero) is 1. The van der Waals surface area contributed by atoms with E-state index < -0.39 is 0 Å². The summed E-state index contributed by atoms with van der Waals surface area (Å²) in [4.78, 5) is 15.7. The number of aromatic nitrogens is 1. The summed E-state index contributed by atoms with van der Waals surface area (Å²) >= 11 is 7.37. The average molecular weight is 344 g/mol. The Morgan fingerprint density at radius 2 is 2.09 bits per heavy atom. The van der Waals surface area contributed by atoms with Crippen molar-refractivity contribution in [1.29, 1.82) is 0 Å². The number of nitrogens with zero attached hydrogens (tertiary/aromatic N) is 1. The first kappa shape index (κ1) is 15.5. The van der Waals surface area contributed by atoms with Crippen molar-refractivity contribution in [3.8, 4) is 10.6 Å². The molecule has 0 aliphatic heterocycles. The summed E-state index contributed by atoms with van der Waals surface area (Å²) in [6.07, 6.45) is 1.64. The Labute approximate surface area is 142 Å². The summed E-state index contributed by atoms with van der Waals surface area (Å²) in [6, 6.07) is 13.1. The van der Waals surface area contributed by atoms with Crippen molar-refractivity contribution >= 4 is 45.8 Å². The molecule has 3 aromatic rings. The Morgan fingerprint density at radius 3 is 2.74 bits per heavy atom. The monoisotopic (exact) mass is 343 g/mol. The molecule has 0 bridgehead atoms. The van der Waals surface area contributed by atoms with Gasteiger partial charge in [0.05, 0.1) is 17.6 Å². The molecule has 0 saturated carbocycles. The first-order valence-electron chi connectivity index (χ1n) is 6.92. The van der Waals surface area contributed by atoms with Crippen molar-refractivity contribution in [2.24, 2.45) is 0 Å². The van der Waals surface area contributed by atoms with Gasteiger partial charge < -0.3 is 11.1 Å². The van der Waals surface area contributed by atoms with Gasteiger partial charge in [0.1, 0.15) is 9.34 Å². The molecular formula is C17H14ClN3OS. The molecule has 0 saturated heterocycles. The number of carbonyl (C=O) groups excluding carboxylic acids is 1. The number of anilines is 3. The fourth-order valence-electron chi connectivity index (χ4n) is 2.17. The molecule has 3 N–H and O–H groups in total. The minimum atomic E-state index is -0.00843. The molecule has 2 aromatic carbocycles. The van der Waals surface area contributed by atoms with Gasteiger partial charge in [-0.3, -0.25) is 4.79 Å². The molecular weight excluding hydrogens is 330 g/mol. The predicted molar refractivity (Wildman–Crippen MR) is 96.7 cm³/mol. The van der Waals surface area contributed by atoms with Gasteiger partial charge in [0, 0.05) is 16.8 Å². The molecule has 23 heavy (non-hydrogen) atoms. The van der Waals surface area contributed by atoms with Gasteiger partial charge in [0.2, 0.25) is 0 Å². The molecule has 4 nitrogen and oxygen atoms in total. The number of nitrogen functional groups attached to an aromatic ring is 1. The summed E-state index contributed by atoms with van der Waals surface area (Å²) in [5, 5.41) is 4.12. The van der Waals surface area contributed by atoms with Crippen LogP contribution in [-0.4, -0.2) is 10.8 Å². The van der Waals surface area contributed by atoms with E-state index in [1.807, 2.05) is 24.3 Å². The summed E-state index contributed by atoms with van der Waals surface area (Å²) < 4.78 is 0.655. The van der Waals surface area contributed by atoms with Crippen molar-refractivity contribution in [1.82, 2.24) is 4.98 Å². The highest BCUT2D eigenvalue weighted by Crippen LogP contribution is 2.31. The smallest absolute Gasteiger partial charge is 0.159 e. The highest BCUT2D eigenvalue weighted by molar-refractivity contribution is 7.18. The second-order valence-corrected chi connectivity index (χ2v) is 6.70. The van der Waals surface area contributed by atoms with E-state index in [4.69, 9.17) is 17.3 Å². The number of nitrogens with one attached hydrogen (secondary N) is 1. The minimum Gasteiger partial charge on any atom is -0.397 e. The molecule has 0 radical (unpaired) electrons. The molecule has 0 unspecified atom stereocenters. The number of carbonyl (C=O) groups is 1. The average Bonchev–Trinajstić information content (AvgIpc) is 2.96. The van der Waals surface area contributed by atoms with E-state index in [2.05, 4.69) is 10.3 Å². The third-order valence-corrected chi connectivity index (χ3v) is 4.49. The van der Waals surface area contributed by atoms with Crippen LogP contribution in [0.25, 0.3) is 10.6 Å². The standard InChI is InChI=1S/C17H14ClN3OS/c1-10(22)11-5-6-15(14(19)8-11)21-13-4-2-3-12(7-13)17-20-9-16(18)23-17/h2-9,21H,19H2,1H3. The van der Waals surface area contributed by atoms with Gasteiger partial charge in [-0.15, -0.1) is 11.3 Å². The summed E-state index contributed by atoms with van der Waals surface area (Å²) in [7, 11) is 0. The molecule has 1 aromatic heterocycles. The van der Waals surface area contributed by atoms with Gasteiger partial charge in [-0.25, -0.2) is 4.98 Å². The molecule has 0 aliphatic carbocycles. The number of nitrogens with two attached hydrogens (primary N) is 1. The predicted octanol–water partition coefficient (Wildman–Crippen LogP) is 4.99. The van der Waals surface area contributed by atoms with Crippen LogP contribution in [0.15, 0.2) is 48.7 Å². The summed E-state index contributed by atoms with van der Waals surface area (Å²) in [5.74, 6) is -0.00843. The molecule has 3 rings (SSSR count). The van der Waals surface area contributed by atoms with E-state index in [1.165, 1.54) is 18.3 Å². The zero-order valence-corrected chi connectivity index (χ0v) is 13.9. The lowest BCUT2D eigenvalue weighted by Crippen LogP contribution is -1.99. The first-order valence-corrected chi connectivity index (χ1v) is 8.11. The largest absolute Gasteiger partial charge is 0.397 e. The fraction of sp³-hybridized carbons (Fsp3) is 0.0588. The molecule has 0 fully saturated rings.